The van der Waals surface area contributed by atoms with E-state index in [-0.39, 0.29) is 54.3 Å². The summed E-state index contributed by atoms with van der Waals surface area (Å²) in [7, 11) is 0. The number of pyridine rings is 1. The van der Waals surface area contributed by atoms with Crippen molar-refractivity contribution in [2.45, 2.75) is 26.9 Å². The molecule has 0 aliphatic heterocycles. The molecule has 2 aromatic carbocycles. The Bertz CT molecular complexity index is 1320. The Morgan fingerprint density at radius 1 is 0.579 bits per heavy atom. The van der Waals surface area contributed by atoms with E-state index in [0.29, 0.717) is 39.5 Å². The van der Waals surface area contributed by atoms with Crippen LogP contribution in [0.4, 0.5) is 0 Å². The van der Waals surface area contributed by atoms with Crippen LogP contribution in [0.3, 0.4) is 0 Å². The van der Waals surface area contributed by atoms with Crippen molar-refractivity contribution >= 4 is 22.1 Å². The molecule has 5 rings (SSSR count). The average Bonchev–Trinajstić information content (AvgIpc) is 3.43. The number of aromatic nitrogens is 5. The predicted octanol–water partition coefficient (Wildman–Crippen LogP) is -3.80. The maximum atomic E-state index is 5.64. The van der Waals surface area contributed by atoms with Crippen molar-refractivity contribution in [2.75, 3.05) is 26.4 Å². The molecule has 3 heterocycles. The van der Waals surface area contributed by atoms with Crippen LogP contribution in [0.1, 0.15) is 13.8 Å². The first-order valence-electron chi connectivity index (χ1n) is 11.8. The quantitative estimate of drug-likeness (QED) is 0.119. The largest absolute Gasteiger partial charge is 3.00 e. The molecule has 3 aromatic heterocycles. The van der Waals surface area contributed by atoms with Crippen LogP contribution in [0.25, 0.3) is 45.1 Å². The summed E-state index contributed by atoms with van der Waals surface area (Å²) in [6.07, 6.45) is 0. The number of ether oxygens (including phenoxy) is 2. The molecule has 7 nitrogen and oxygen atoms in total. The monoisotopic (exact) mass is 616 g/mol. The number of para-hydroxylation sites is 4. The van der Waals surface area contributed by atoms with Gasteiger partial charge in [0.15, 0.2) is 11.6 Å². The van der Waals surface area contributed by atoms with Crippen LogP contribution in [0.15, 0.2) is 66.7 Å². The first kappa shape index (κ1) is 33.9. The van der Waals surface area contributed by atoms with Gasteiger partial charge in [0.05, 0.1) is 35.3 Å². The Morgan fingerprint density at radius 3 is 1.42 bits per heavy atom. The molecule has 0 saturated carbocycles. The van der Waals surface area contributed by atoms with Crippen LogP contribution >= 0.6 is 0 Å². The number of nitrogens with zero attached hydrogens (tertiary/aromatic N) is 5. The smallest absolute Gasteiger partial charge is 1.00 e. The van der Waals surface area contributed by atoms with Gasteiger partial charge in [-0.25, -0.2) is 15.0 Å². The van der Waals surface area contributed by atoms with Gasteiger partial charge in [-0.3, -0.25) is 0 Å². The summed E-state index contributed by atoms with van der Waals surface area (Å²) in [5, 5.41) is 0. The Hall–Kier alpha value is -2.16. The molecule has 203 valence electrons. The molecule has 0 fully saturated rings. The molecule has 0 N–H and O–H groups in total. The summed E-state index contributed by atoms with van der Waals surface area (Å²) in [5.41, 5.74) is 5.68. The summed E-state index contributed by atoms with van der Waals surface area (Å²) < 4.78 is 15.7. The van der Waals surface area contributed by atoms with E-state index in [0.717, 1.165) is 45.1 Å². The molecule has 0 atom stereocenters. The standard InChI is InChI=1S/C27H29N5O2.3ClH.Fe/c1-3-33-18-16-31-24-14-7-5-10-20(24)29-26(31)22-12-9-13-23(28-22)27-30-21-11-6-8-15-25(21)32(27)17-19-34-4-2;;;;/h5-15H,3-4,16-19H2,1-2H3;3*1H;/q;;;;+3/p-3. The molecule has 0 aliphatic rings. The van der Waals surface area contributed by atoms with Crippen molar-refractivity contribution in [1.29, 1.82) is 0 Å². The number of benzene rings is 2. The summed E-state index contributed by atoms with van der Waals surface area (Å²) in [6, 6.07) is 22.4. The van der Waals surface area contributed by atoms with Crippen LogP contribution in [-0.2, 0) is 39.6 Å². The first-order chi connectivity index (χ1) is 16.8. The zero-order chi connectivity index (χ0) is 23.3. The fraction of sp³-hybridized carbons (Fsp3) is 0.296. The van der Waals surface area contributed by atoms with Crippen molar-refractivity contribution in [3.05, 3.63) is 66.7 Å². The van der Waals surface area contributed by atoms with E-state index in [1.807, 2.05) is 68.4 Å². The number of hydrogen-bond acceptors (Lipinski definition) is 5. The summed E-state index contributed by atoms with van der Waals surface area (Å²) in [5.74, 6) is 1.67. The maximum Gasteiger partial charge on any atom is 3.00 e. The summed E-state index contributed by atoms with van der Waals surface area (Å²) in [4.78, 5) is 14.9. The van der Waals surface area contributed by atoms with Gasteiger partial charge in [-0.15, -0.1) is 0 Å². The third-order valence-electron chi connectivity index (χ3n) is 5.84. The van der Waals surface area contributed by atoms with Gasteiger partial charge in [-0.05, 0) is 50.2 Å². The molecule has 0 amide bonds. The third-order valence-corrected chi connectivity index (χ3v) is 5.84. The molecule has 11 heteroatoms. The van der Waals surface area contributed by atoms with Crippen LogP contribution in [-0.4, -0.2) is 50.5 Å². The Balaban J connectivity index is 0.00000180. The van der Waals surface area contributed by atoms with Gasteiger partial charge in [0.25, 0.3) is 0 Å². The minimum absolute atomic E-state index is 0. The molecular formula is C27H29Cl3FeN5O2. The zero-order valence-corrected chi connectivity index (χ0v) is 24.5. The molecular weight excluding hydrogens is 589 g/mol. The first-order valence-corrected chi connectivity index (χ1v) is 11.8. The van der Waals surface area contributed by atoms with Crippen molar-refractivity contribution in [2.24, 2.45) is 0 Å². The number of hydrogen-bond donors (Lipinski definition) is 0. The second kappa shape index (κ2) is 16.1. The van der Waals surface area contributed by atoms with Crippen LogP contribution < -0.4 is 37.2 Å². The van der Waals surface area contributed by atoms with Crippen molar-refractivity contribution in [3.8, 4) is 23.0 Å². The minimum Gasteiger partial charge on any atom is -1.00 e. The Kier molecular flexibility index (Phi) is 14.3. The van der Waals surface area contributed by atoms with Crippen molar-refractivity contribution in [3.63, 3.8) is 0 Å². The van der Waals surface area contributed by atoms with E-state index in [9.17, 15) is 0 Å². The van der Waals surface area contributed by atoms with Gasteiger partial charge < -0.3 is 55.8 Å². The SMILES string of the molecule is CCOCCn1c(-c2cccc(-c3nc4ccccc4n3CCOCC)n2)nc2ccccc21.[Cl-].[Cl-].[Cl-].[Fe+3]. The van der Waals surface area contributed by atoms with Crippen LogP contribution in [0.2, 0.25) is 0 Å². The van der Waals surface area contributed by atoms with Gasteiger partial charge in [0.1, 0.15) is 11.4 Å². The molecule has 0 unspecified atom stereocenters. The summed E-state index contributed by atoms with van der Waals surface area (Å²) >= 11 is 0. The predicted molar refractivity (Wildman–Crippen MR) is 135 cm³/mol. The van der Waals surface area contributed by atoms with Gasteiger partial charge >= 0.3 is 17.1 Å². The van der Waals surface area contributed by atoms with Gasteiger partial charge in [0, 0.05) is 26.3 Å². The number of rotatable bonds is 10. The van der Waals surface area contributed by atoms with Gasteiger partial charge in [0.2, 0.25) is 0 Å². The van der Waals surface area contributed by atoms with E-state index in [4.69, 9.17) is 24.4 Å². The van der Waals surface area contributed by atoms with E-state index in [1.54, 1.807) is 0 Å². The molecule has 5 aromatic rings. The Morgan fingerprint density at radius 2 is 1.00 bits per heavy atom. The van der Waals surface area contributed by atoms with Crippen molar-refractivity contribution in [1.82, 2.24) is 24.1 Å². The number of imidazole rings is 2. The van der Waals surface area contributed by atoms with E-state index >= 15 is 0 Å². The average molecular weight is 618 g/mol. The maximum absolute atomic E-state index is 5.64. The van der Waals surface area contributed by atoms with Crippen LogP contribution in [0, 0.1) is 0 Å². The minimum atomic E-state index is 0. The van der Waals surface area contributed by atoms with Crippen molar-refractivity contribution < 1.29 is 63.8 Å². The molecule has 1 radical (unpaired) electrons. The number of fused-ring (bicyclic) bond motifs is 2. The second-order valence-corrected chi connectivity index (χ2v) is 7.95. The molecule has 0 bridgehead atoms. The molecule has 0 saturated heterocycles. The normalized spacial score (nSPS) is 10.4. The second-order valence-electron chi connectivity index (χ2n) is 7.95. The van der Waals surface area contributed by atoms with Gasteiger partial charge in [-0.2, -0.15) is 0 Å². The topological polar surface area (TPSA) is 67.0 Å². The fourth-order valence-corrected chi connectivity index (χ4v) is 4.28. The molecule has 38 heavy (non-hydrogen) atoms. The van der Waals surface area contributed by atoms with E-state index in [2.05, 4.69) is 21.3 Å². The van der Waals surface area contributed by atoms with Gasteiger partial charge in [-0.1, -0.05) is 30.3 Å². The third kappa shape index (κ3) is 7.07. The van der Waals surface area contributed by atoms with Crippen LogP contribution in [0.5, 0.6) is 0 Å². The van der Waals surface area contributed by atoms with E-state index in [1.165, 1.54) is 0 Å². The fourth-order valence-electron chi connectivity index (χ4n) is 4.28. The molecule has 0 aliphatic carbocycles. The zero-order valence-electron chi connectivity index (χ0n) is 21.1. The number of halogens is 3. The molecule has 0 spiro atoms. The van der Waals surface area contributed by atoms with E-state index < -0.39 is 0 Å². The Labute approximate surface area is 252 Å². The summed E-state index contributed by atoms with van der Waals surface area (Å²) in [6.45, 7) is 8.06.